The molecule has 1 aliphatic carbocycles. The number of carbonyl (C=O) groups is 2. The number of benzene rings is 3. The molecule has 7 nitrogen and oxygen atoms in total. The molecule has 3 aromatic rings. The molecule has 1 N–H and O–H groups in total. The summed E-state index contributed by atoms with van der Waals surface area (Å²) < 4.78 is 14.7. The van der Waals surface area contributed by atoms with Gasteiger partial charge in [0.2, 0.25) is 11.8 Å². The van der Waals surface area contributed by atoms with E-state index in [1.807, 2.05) is 30.3 Å². The van der Waals surface area contributed by atoms with Crippen LogP contribution in [0.1, 0.15) is 48.8 Å². The van der Waals surface area contributed by atoms with E-state index in [0.29, 0.717) is 0 Å². The molecule has 1 fully saturated rings. The number of hydrogen-bond donors (Lipinski definition) is 1. The van der Waals surface area contributed by atoms with Crippen LogP contribution in [0.25, 0.3) is 0 Å². The molecular formula is C30H32FN3O4. The molecule has 198 valence electrons. The Kier molecular flexibility index (Phi) is 9.19. The van der Waals surface area contributed by atoms with E-state index in [9.17, 15) is 24.1 Å². The van der Waals surface area contributed by atoms with Crippen molar-refractivity contribution in [1.29, 1.82) is 0 Å². The summed E-state index contributed by atoms with van der Waals surface area (Å²) in [5.74, 6) is -1.27. The van der Waals surface area contributed by atoms with Gasteiger partial charge < -0.3 is 10.2 Å². The van der Waals surface area contributed by atoms with Crippen molar-refractivity contribution in [3.05, 3.63) is 111 Å². The molecule has 2 amide bonds. The zero-order valence-electron chi connectivity index (χ0n) is 21.2. The monoisotopic (exact) mass is 517 g/mol. The molecule has 0 aromatic heterocycles. The third-order valence-corrected chi connectivity index (χ3v) is 7.05. The smallest absolute Gasteiger partial charge is 0.273 e. The summed E-state index contributed by atoms with van der Waals surface area (Å²) in [7, 11) is 0. The van der Waals surface area contributed by atoms with Crippen molar-refractivity contribution in [3.63, 3.8) is 0 Å². The molecule has 0 saturated heterocycles. The standard InChI is InChI=1S/C30H32FN3O4/c31-26-17-9-7-14-24(26)21-33(29(35)20-23-13-8-10-18-27(23)34(37)38)28(19-22-11-3-1-4-12-22)30(36)32-25-15-5-2-6-16-25/h1,3-4,7-14,17-18,25,28H,2,5-6,15-16,19-21H2,(H,32,36)/t28-/m0/s1. The highest BCUT2D eigenvalue weighted by Crippen LogP contribution is 2.23. The number of nitro benzene ring substituents is 1. The van der Waals surface area contributed by atoms with Crippen molar-refractivity contribution < 1.29 is 18.9 Å². The van der Waals surface area contributed by atoms with E-state index in [1.54, 1.807) is 30.3 Å². The summed E-state index contributed by atoms with van der Waals surface area (Å²) in [4.78, 5) is 40.0. The number of nitrogens with zero attached hydrogens (tertiary/aromatic N) is 2. The maximum Gasteiger partial charge on any atom is 0.273 e. The van der Waals surface area contributed by atoms with Gasteiger partial charge in [-0.2, -0.15) is 0 Å². The van der Waals surface area contributed by atoms with Gasteiger partial charge in [-0.15, -0.1) is 0 Å². The number of nitro groups is 1. The first kappa shape index (κ1) is 27.0. The van der Waals surface area contributed by atoms with Gasteiger partial charge in [0.1, 0.15) is 11.9 Å². The van der Waals surface area contributed by atoms with Gasteiger partial charge in [-0.3, -0.25) is 19.7 Å². The number of carbonyl (C=O) groups excluding carboxylic acids is 2. The molecular weight excluding hydrogens is 485 g/mol. The molecule has 0 bridgehead atoms. The average Bonchev–Trinajstić information content (AvgIpc) is 2.93. The Bertz CT molecular complexity index is 1260. The predicted molar refractivity (Wildman–Crippen MR) is 143 cm³/mol. The van der Waals surface area contributed by atoms with Crippen molar-refractivity contribution in [2.45, 2.75) is 63.6 Å². The molecule has 8 heteroatoms. The fourth-order valence-corrected chi connectivity index (χ4v) is 5.01. The van der Waals surface area contributed by atoms with Crippen molar-refractivity contribution >= 4 is 17.5 Å². The van der Waals surface area contributed by atoms with E-state index in [2.05, 4.69) is 5.32 Å². The van der Waals surface area contributed by atoms with Crippen LogP contribution >= 0.6 is 0 Å². The second-order valence-electron chi connectivity index (χ2n) is 9.72. The van der Waals surface area contributed by atoms with Crippen molar-refractivity contribution in [2.75, 3.05) is 0 Å². The lowest BCUT2D eigenvalue weighted by Gasteiger charge is -2.33. The Morgan fingerprint density at radius 1 is 0.921 bits per heavy atom. The lowest BCUT2D eigenvalue weighted by atomic mass is 9.94. The fraction of sp³-hybridized carbons (Fsp3) is 0.333. The van der Waals surface area contributed by atoms with Gasteiger partial charge in [0.15, 0.2) is 0 Å². The topological polar surface area (TPSA) is 92.6 Å². The summed E-state index contributed by atoms with van der Waals surface area (Å²) in [5, 5.41) is 14.7. The number of hydrogen-bond acceptors (Lipinski definition) is 4. The van der Waals surface area contributed by atoms with Crippen LogP contribution in [0.5, 0.6) is 0 Å². The zero-order valence-corrected chi connectivity index (χ0v) is 21.2. The molecule has 4 rings (SSSR count). The van der Waals surface area contributed by atoms with Gasteiger partial charge in [0.05, 0.1) is 11.3 Å². The minimum atomic E-state index is -0.922. The molecule has 0 spiro atoms. The van der Waals surface area contributed by atoms with E-state index in [-0.39, 0.29) is 48.1 Å². The first-order valence-electron chi connectivity index (χ1n) is 13.0. The molecule has 1 aliphatic rings. The second-order valence-corrected chi connectivity index (χ2v) is 9.72. The molecule has 0 heterocycles. The largest absolute Gasteiger partial charge is 0.352 e. The number of para-hydroxylation sites is 1. The van der Waals surface area contributed by atoms with Gasteiger partial charge in [-0.1, -0.05) is 86.0 Å². The Morgan fingerprint density at radius 3 is 2.24 bits per heavy atom. The minimum absolute atomic E-state index is 0.0233. The lowest BCUT2D eigenvalue weighted by Crippen LogP contribution is -2.53. The zero-order chi connectivity index (χ0) is 26.9. The number of halogens is 1. The highest BCUT2D eigenvalue weighted by molar-refractivity contribution is 5.89. The Balaban J connectivity index is 1.70. The molecule has 0 radical (unpaired) electrons. The maximum absolute atomic E-state index is 14.7. The SMILES string of the molecule is O=C(NC1CCCCC1)[C@H](Cc1ccccc1)N(Cc1ccccc1F)C(=O)Cc1ccccc1[N+](=O)[O-]. The average molecular weight is 518 g/mol. The Labute approximate surface area is 221 Å². The van der Waals surface area contributed by atoms with E-state index in [4.69, 9.17) is 0 Å². The number of amides is 2. The van der Waals surface area contributed by atoms with Crippen LogP contribution in [0.3, 0.4) is 0 Å². The van der Waals surface area contributed by atoms with E-state index in [0.717, 1.165) is 37.7 Å². The van der Waals surface area contributed by atoms with Crippen molar-refractivity contribution in [3.8, 4) is 0 Å². The molecule has 3 aromatic carbocycles. The molecule has 0 aliphatic heterocycles. The molecule has 38 heavy (non-hydrogen) atoms. The quantitative estimate of drug-likeness (QED) is 0.289. The third kappa shape index (κ3) is 7.03. The molecule has 1 atom stereocenters. The fourth-order valence-electron chi connectivity index (χ4n) is 5.01. The van der Waals surface area contributed by atoms with Gasteiger partial charge in [0, 0.05) is 36.2 Å². The predicted octanol–water partition coefficient (Wildman–Crippen LogP) is 5.37. The van der Waals surface area contributed by atoms with Gasteiger partial charge >= 0.3 is 0 Å². The van der Waals surface area contributed by atoms with Crippen LogP contribution in [-0.4, -0.2) is 33.7 Å². The highest BCUT2D eigenvalue weighted by atomic mass is 19.1. The number of rotatable bonds is 10. The highest BCUT2D eigenvalue weighted by Gasteiger charge is 2.33. The van der Waals surface area contributed by atoms with Crippen LogP contribution < -0.4 is 5.32 Å². The molecule has 0 unspecified atom stereocenters. The van der Waals surface area contributed by atoms with Crippen LogP contribution in [0.4, 0.5) is 10.1 Å². The summed E-state index contributed by atoms with van der Waals surface area (Å²) in [5.41, 5.74) is 1.20. The second kappa shape index (κ2) is 12.9. The summed E-state index contributed by atoms with van der Waals surface area (Å²) in [6.07, 6.45) is 4.90. The lowest BCUT2D eigenvalue weighted by molar-refractivity contribution is -0.385. The van der Waals surface area contributed by atoms with Crippen molar-refractivity contribution in [1.82, 2.24) is 10.2 Å². The minimum Gasteiger partial charge on any atom is -0.352 e. The van der Waals surface area contributed by atoms with Gasteiger partial charge in [-0.05, 0) is 24.5 Å². The Hall–Kier alpha value is -4.07. The van der Waals surface area contributed by atoms with Crippen molar-refractivity contribution in [2.24, 2.45) is 0 Å². The maximum atomic E-state index is 14.7. The summed E-state index contributed by atoms with van der Waals surface area (Å²) in [6, 6.07) is 20.7. The van der Waals surface area contributed by atoms with E-state index in [1.165, 1.54) is 23.1 Å². The first-order valence-corrected chi connectivity index (χ1v) is 13.0. The summed E-state index contributed by atoms with van der Waals surface area (Å²) >= 11 is 0. The van der Waals surface area contributed by atoms with Crippen LogP contribution in [0.2, 0.25) is 0 Å². The van der Waals surface area contributed by atoms with E-state index >= 15 is 0 Å². The first-order chi connectivity index (χ1) is 18.4. The number of nitrogens with one attached hydrogen (secondary N) is 1. The molecule has 1 saturated carbocycles. The van der Waals surface area contributed by atoms with Crippen LogP contribution in [0, 0.1) is 15.9 Å². The van der Waals surface area contributed by atoms with Crippen LogP contribution in [-0.2, 0) is 29.0 Å². The van der Waals surface area contributed by atoms with Gasteiger partial charge in [-0.25, -0.2) is 4.39 Å². The third-order valence-electron chi connectivity index (χ3n) is 7.05. The summed E-state index contributed by atoms with van der Waals surface area (Å²) in [6.45, 7) is -0.137. The van der Waals surface area contributed by atoms with E-state index < -0.39 is 22.7 Å². The van der Waals surface area contributed by atoms with Crippen LogP contribution in [0.15, 0.2) is 78.9 Å². The Morgan fingerprint density at radius 2 is 1.55 bits per heavy atom. The van der Waals surface area contributed by atoms with Gasteiger partial charge in [0.25, 0.3) is 5.69 Å². The normalized spacial score (nSPS) is 14.4.